The first-order valence-electron chi connectivity index (χ1n) is 4.43. The lowest BCUT2D eigenvalue weighted by molar-refractivity contribution is -0.130. The van der Waals surface area contributed by atoms with Crippen LogP contribution in [0.15, 0.2) is 0 Å². The summed E-state index contributed by atoms with van der Waals surface area (Å²) in [5.41, 5.74) is 0. The third-order valence-corrected chi connectivity index (χ3v) is 2.47. The molecular formula is C9H16FNO. The van der Waals surface area contributed by atoms with Crippen LogP contribution in [0, 0.1) is 5.92 Å². The predicted octanol–water partition coefficient (Wildman–Crippen LogP) is 1.60. The molecule has 1 aliphatic heterocycles. The van der Waals surface area contributed by atoms with E-state index in [1.165, 1.54) is 6.92 Å². The van der Waals surface area contributed by atoms with Crippen molar-refractivity contribution in [3.8, 4) is 0 Å². The van der Waals surface area contributed by atoms with E-state index in [4.69, 9.17) is 0 Å². The SMILES string of the molecule is CC(=O)N1CC(F)C[C@H]1C(C)C. The standard InChI is InChI=1S/C9H16FNO/c1-6(2)9-4-8(10)5-11(9)7(3)12/h6,8-9H,4-5H2,1-3H3/t8?,9-/m0/s1. The summed E-state index contributed by atoms with van der Waals surface area (Å²) in [7, 11) is 0. The molecule has 1 amide bonds. The van der Waals surface area contributed by atoms with Crippen molar-refractivity contribution >= 4 is 5.91 Å². The lowest BCUT2D eigenvalue weighted by atomic mass is 10.0. The van der Waals surface area contributed by atoms with Gasteiger partial charge in [-0.3, -0.25) is 4.79 Å². The van der Waals surface area contributed by atoms with Gasteiger partial charge in [-0.2, -0.15) is 0 Å². The van der Waals surface area contributed by atoms with Gasteiger partial charge in [-0.25, -0.2) is 4.39 Å². The summed E-state index contributed by atoms with van der Waals surface area (Å²) in [6.45, 7) is 5.85. The number of alkyl halides is 1. The molecule has 1 unspecified atom stereocenters. The normalized spacial score (nSPS) is 29.9. The van der Waals surface area contributed by atoms with E-state index in [0.29, 0.717) is 12.3 Å². The molecule has 0 aromatic rings. The molecule has 0 spiro atoms. The molecule has 1 fully saturated rings. The summed E-state index contributed by atoms with van der Waals surface area (Å²) in [5, 5.41) is 0. The maximum atomic E-state index is 13.0. The van der Waals surface area contributed by atoms with Gasteiger partial charge in [0, 0.05) is 19.4 Å². The Labute approximate surface area is 72.7 Å². The van der Waals surface area contributed by atoms with Crippen LogP contribution in [0.3, 0.4) is 0 Å². The van der Waals surface area contributed by atoms with E-state index in [0.717, 1.165) is 0 Å². The molecular weight excluding hydrogens is 157 g/mol. The minimum Gasteiger partial charge on any atom is -0.337 e. The van der Waals surface area contributed by atoms with Crippen molar-refractivity contribution in [2.45, 2.75) is 39.4 Å². The highest BCUT2D eigenvalue weighted by molar-refractivity contribution is 5.74. The Bertz CT molecular complexity index is 181. The first-order chi connectivity index (χ1) is 5.52. The molecule has 0 bridgehead atoms. The van der Waals surface area contributed by atoms with Crippen molar-refractivity contribution in [3.05, 3.63) is 0 Å². The van der Waals surface area contributed by atoms with Gasteiger partial charge in [-0.1, -0.05) is 13.8 Å². The van der Waals surface area contributed by atoms with Crippen LogP contribution in [0.2, 0.25) is 0 Å². The van der Waals surface area contributed by atoms with Gasteiger partial charge in [0.2, 0.25) is 5.91 Å². The van der Waals surface area contributed by atoms with Crippen LogP contribution >= 0.6 is 0 Å². The molecule has 70 valence electrons. The summed E-state index contributed by atoms with van der Waals surface area (Å²) < 4.78 is 13.0. The number of rotatable bonds is 1. The molecule has 1 aliphatic rings. The fourth-order valence-corrected chi connectivity index (χ4v) is 1.81. The van der Waals surface area contributed by atoms with Gasteiger partial charge in [0.15, 0.2) is 0 Å². The van der Waals surface area contributed by atoms with Gasteiger partial charge in [0.25, 0.3) is 0 Å². The van der Waals surface area contributed by atoms with E-state index in [1.807, 2.05) is 13.8 Å². The fraction of sp³-hybridized carbons (Fsp3) is 0.889. The zero-order chi connectivity index (χ0) is 9.30. The highest BCUT2D eigenvalue weighted by Crippen LogP contribution is 2.25. The Balaban J connectivity index is 2.65. The Morgan fingerprint density at radius 2 is 2.17 bits per heavy atom. The number of halogens is 1. The Morgan fingerprint density at radius 1 is 1.58 bits per heavy atom. The van der Waals surface area contributed by atoms with E-state index < -0.39 is 6.17 Å². The molecule has 0 N–H and O–H groups in total. The highest BCUT2D eigenvalue weighted by Gasteiger charge is 2.35. The van der Waals surface area contributed by atoms with Crippen LogP contribution in [-0.2, 0) is 4.79 Å². The second-order valence-corrected chi connectivity index (χ2v) is 3.82. The van der Waals surface area contributed by atoms with Crippen LogP contribution in [0.25, 0.3) is 0 Å². The van der Waals surface area contributed by atoms with E-state index in [9.17, 15) is 9.18 Å². The van der Waals surface area contributed by atoms with Gasteiger partial charge in [0.05, 0.1) is 6.54 Å². The number of likely N-dealkylation sites (tertiary alicyclic amines) is 1. The molecule has 0 saturated carbocycles. The van der Waals surface area contributed by atoms with E-state index >= 15 is 0 Å². The van der Waals surface area contributed by atoms with Gasteiger partial charge in [-0.15, -0.1) is 0 Å². The minimum absolute atomic E-state index is 0.00569. The summed E-state index contributed by atoms with van der Waals surface area (Å²) >= 11 is 0. The molecule has 0 aliphatic carbocycles. The van der Waals surface area contributed by atoms with Crippen molar-refractivity contribution in [1.82, 2.24) is 4.90 Å². The minimum atomic E-state index is -0.818. The third kappa shape index (κ3) is 1.76. The van der Waals surface area contributed by atoms with Crippen LogP contribution in [0.4, 0.5) is 4.39 Å². The Hall–Kier alpha value is -0.600. The van der Waals surface area contributed by atoms with Gasteiger partial charge < -0.3 is 4.90 Å². The zero-order valence-electron chi connectivity index (χ0n) is 7.88. The summed E-state index contributed by atoms with van der Waals surface area (Å²) in [4.78, 5) is 12.7. The predicted molar refractivity (Wildman–Crippen MR) is 45.5 cm³/mol. The number of hydrogen-bond acceptors (Lipinski definition) is 1. The van der Waals surface area contributed by atoms with Crippen molar-refractivity contribution in [2.24, 2.45) is 5.92 Å². The number of amides is 1. The van der Waals surface area contributed by atoms with Crippen LogP contribution in [0.1, 0.15) is 27.2 Å². The first kappa shape index (κ1) is 9.49. The molecule has 2 nitrogen and oxygen atoms in total. The fourth-order valence-electron chi connectivity index (χ4n) is 1.81. The first-order valence-corrected chi connectivity index (χ1v) is 4.43. The van der Waals surface area contributed by atoms with Crippen molar-refractivity contribution in [2.75, 3.05) is 6.54 Å². The summed E-state index contributed by atoms with van der Waals surface area (Å²) in [6, 6.07) is 0.109. The molecule has 2 atom stereocenters. The second kappa shape index (κ2) is 3.42. The van der Waals surface area contributed by atoms with Gasteiger partial charge in [-0.05, 0) is 5.92 Å². The number of carbonyl (C=O) groups is 1. The molecule has 0 aromatic carbocycles. The summed E-state index contributed by atoms with van der Waals surface area (Å²) in [6.07, 6.45) is -0.307. The van der Waals surface area contributed by atoms with Crippen molar-refractivity contribution in [1.29, 1.82) is 0 Å². The van der Waals surface area contributed by atoms with Crippen LogP contribution < -0.4 is 0 Å². The number of carbonyl (C=O) groups excluding carboxylic acids is 1. The average molecular weight is 173 g/mol. The second-order valence-electron chi connectivity index (χ2n) is 3.82. The monoisotopic (exact) mass is 173 g/mol. The molecule has 0 aromatic heterocycles. The van der Waals surface area contributed by atoms with Gasteiger partial charge >= 0.3 is 0 Å². The molecule has 12 heavy (non-hydrogen) atoms. The topological polar surface area (TPSA) is 20.3 Å². The number of hydrogen-bond donors (Lipinski definition) is 0. The number of nitrogens with zero attached hydrogens (tertiary/aromatic N) is 1. The molecule has 0 radical (unpaired) electrons. The quantitative estimate of drug-likeness (QED) is 0.589. The maximum Gasteiger partial charge on any atom is 0.219 e. The largest absolute Gasteiger partial charge is 0.337 e. The van der Waals surface area contributed by atoms with Gasteiger partial charge in [0.1, 0.15) is 6.17 Å². The van der Waals surface area contributed by atoms with Crippen molar-refractivity contribution < 1.29 is 9.18 Å². The lowest BCUT2D eigenvalue weighted by Crippen LogP contribution is -2.37. The van der Waals surface area contributed by atoms with Crippen LogP contribution in [-0.4, -0.2) is 29.6 Å². The molecule has 1 heterocycles. The molecule has 3 heteroatoms. The molecule has 1 saturated heterocycles. The van der Waals surface area contributed by atoms with E-state index in [-0.39, 0.29) is 18.5 Å². The lowest BCUT2D eigenvalue weighted by Gasteiger charge is -2.25. The summed E-state index contributed by atoms with van der Waals surface area (Å²) in [5.74, 6) is 0.350. The maximum absolute atomic E-state index is 13.0. The van der Waals surface area contributed by atoms with Crippen LogP contribution in [0.5, 0.6) is 0 Å². The highest BCUT2D eigenvalue weighted by atomic mass is 19.1. The third-order valence-electron chi connectivity index (χ3n) is 2.47. The molecule has 1 rings (SSSR count). The van der Waals surface area contributed by atoms with E-state index in [1.54, 1.807) is 4.90 Å². The zero-order valence-corrected chi connectivity index (χ0v) is 7.88. The van der Waals surface area contributed by atoms with Crippen molar-refractivity contribution in [3.63, 3.8) is 0 Å². The Morgan fingerprint density at radius 3 is 2.50 bits per heavy atom. The Kier molecular flexibility index (Phi) is 2.70. The average Bonchev–Trinajstić information content (AvgIpc) is 2.31. The van der Waals surface area contributed by atoms with E-state index in [2.05, 4.69) is 0 Å². The smallest absolute Gasteiger partial charge is 0.219 e.